The predicted molar refractivity (Wildman–Crippen MR) is 63.8 cm³/mol. The smallest absolute Gasteiger partial charge is 0.226 e. The van der Waals surface area contributed by atoms with Crippen LogP contribution in [-0.2, 0) is 4.79 Å². The number of alkyl halides is 2. The molecule has 2 fully saturated rings. The second-order valence-corrected chi connectivity index (χ2v) is 5.61. The number of carbonyl (C=O) groups is 1. The molecule has 1 amide bonds. The number of hydrogen-bond acceptors (Lipinski definition) is 2. The molecule has 0 spiro atoms. The van der Waals surface area contributed by atoms with E-state index >= 15 is 0 Å². The summed E-state index contributed by atoms with van der Waals surface area (Å²) in [6, 6.07) is 0.251. The van der Waals surface area contributed by atoms with E-state index in [1.807, 2.05) is 0 Å². The molecule has 1 aliphatic carbocycles. The lowest BCUT2D eigenvalue weighted by molar-refractivity contribution is -0.123. The third-order valence-electron chi connectivity index (χ3n) is 2.79. The van der Waals surface area contributed by atoms with Gasteiger partial charge in [0.25, 0.3) is 0 Å². The molecule has 2 atom stereocenters. The molecule has 2 N–H and O–H groups in total. The predicted octanol–water partition coefficient (Wildman–Crippen LogP) is 1.47. The van der Waals surface area contributed by atoms with Crippen LogP contribution in [0.15, 0.2) is 0 Å². The molecule has 0 aromatic rings. The van der Waals surface area contributed by atoms with Gasteiger partial charge in [-0.05, 0) is 25.8 Å². The highest BCUT2D eigenvalue weighted by molar-refractivity contribution is 6.52. The molecule has 0 aromatic carbocycles. The van der Waals surface area contributed by atoms with Gasteiger partial charge in [0.1, 0.15) is 4.33 Å². The van der Waals surface area contributed by atoms with Gasteiger partial charge in [-0.25, -0.2) is 0 Å². The molecule has 0 aromatic heterocycles. The minimum Gasteiger partial charge on any atom is -0.352 e. The summed E-state index contributed by atoms with van der Waals surface area (Å²) in [5, 5.41) is 6.21. The van der Waals surface area contributed by atoms with Crippen molar-refractivity contribution in [3.8, 4) is 0 Å². The summed E-state index contributed by atoms with van der Waals surface area (Å²) >= 11 is 11.6. The van der Waals surface area contributed by atoms with Crippen LogP contribution in [-0.4, -0.2) is 29.4 Å². The number of hydrogen-bond donors (Lipinski definition) is 2. The fourth-order valence-electron chi connectivity index (χ4n) is 1.77. The highest BCUT2D eigenvalue weighted by Crippen LogP contribution is 2.53. The van der Waals surface area contributed by atoms with Crippen molar-refractivity contribution in [2.45, 2.75) is 29.6 Å². The number of nitrogens with one attached hydrogen (secondary N) is 2. The van der Waals surface area contributed by atoms with Gasteiger partial charge in [0.15, 0.2) is 0 Å². The Hall–Kier alpha value is 0.300. The normalized spacial score (nSPS) is 32.7. The zero-order chi connectivity index (χ0) is 10.2. The zero-order valence-corrected chi connectivity index (χ0v) is 10.6. The van der Waals surface area contributed by atoms with E-state index < -0.39 is 4.33 Å². The monoisotopic (exact) mass is 272 g/mol. The SMILES string of the molecule is Cl.O=C(N[C@H]1CCCNC1)C1CC1(Cl)Cl. The lowest BCUT2D eigenvalue weighted by atomic mass is 10.1. The van der Waals surface area contributed by atoms with E-state index in [2.05, 4.69) is 10.6 Å². The molecule has 6 heteroatoms. The average Bonchev–Trinajstić information content (AvgIpc) is 2.77. The van der Waals surface area contributed by atoms with Crippen LogP contribution >= 0.6 is 35.6 Å². The highest BCUT2D eigenvalue weighted by atomic mass is 35.5. The van der Waals surface area contributed by atoms with Gasteiger partial charge in [0.2, 0.25) is 5.91 Å². The van der Waals surface area contributed by atoms with Crippen molar-refractivity contribution in [2.24, 2.45) is 5.92 Å². The van der Waals surface area contributed by atoms with Gasteiger partial charge in [-0.15, -0.1) is 35.6 Å². The standard InChI is InChI=1S/C9H14Cl2N2O.ClH/c10-9(11)4-7(9)8(14)13-6-2-1-3-12-5-6;/h6-7,12H,1-5H2,(H,13,14);1H/t6-,7?;/m0./s1. The number of carbonyl (C=O) groups excluding carboxylic acids is 1. The van der Waals surface area contributed by atoms with Crippen LogP contribution < -0.4 is 10.6 Å². The summed E-state index contributed by atoms with van der Waals surface area (Å²) in [6.07, 6.45) is 2.74. The maximum absolute atomic E-state index is 11.6. The first-order valence-electron chi connectivity index (χ1n) is 4.98. The minimum absolute atomic E-state index is 0. The van der Waals surface area contributed by atoms with E-state index in [0.717, 1.165) is 25.9 Å². The Morgan fingerprint density at radius 1 is 1.47 bits per heavy atom. The molecule has 0 bridgehead atoms. The van der Waals surface area contributed by atoms with Crippen molar-refractivity contribution < 1.29 is 4.79 Å². The Morgan fingerprint density at radius 3 is 2.60 bits per heavy atom. The Bertz CT molecular complexity index is 242. The maximum Gasteiger partial charge on any atom is 0.226 e. The van der Waals surface area contributed by atoms with E-state index in [9.17, 15) is 4.79 Å². The quantitative estimate of drug-likeness (QED) is 0.748. The van der Waals surface area contributed by atoms with Crippen molar-refractivity contribution in [2.75, 3.05) is 13.1 Å². The Kier molecular flexibility index (Phi) is 4.53. The van der Waals surface area contributed by atoms with Crippen molar-refractivity contribution in [3.05, 3.63) is 0 Å². The first-order valence-corrected chi connectivity index (χ1v) is 5.74. The Morgan fingerprint density at radius 2 is 2.13 bits per heavy atom. The van der Waals surface area contributed by atoms with Gasteiger partial charge in [-0.2, -0.15) is 0 Å². The molecule has 1 heterocycles. The van der Waals surface area contributed by atoms with Crippen LogP contribution in [0.1, 0.15) is 19.3 Å². The van der Waals surface area contributed by atoms with E-state index in [4.69, 9.17) is 23.2 Å². The van der Waals surface area contributed by atoms with Crippen molar-refractivity contribution in [1.82, 2.24) is 10.6 Å². The molecule has 0 radical (unpaired) electrons. The number of rotatable bonds is 2. The van der Waals surface area contributed by atoms with Crippen LogP contribution in [0.4, 0.5) is 0 Å². The lowest BCUT2D eigenvalue weighted by Gasteiger charge is -2.23. The Labute approximate surface area is 106 Å². The van der Waals surface area contributed by atoms with Gasteiger partial charge < -0.3 is 10.6 Å². The van der Waals surface area contributed by atoms with Crippen molar-refractivity contribution in [3.63, 3.8) is 0 Å². The molecular formula is C9H15Cl3N2O. The first-order chi connectivity index (χ1) is 6.59. The summed E-state index contributed by atoms with van der Waals surface area (Å²) in [4.78, 5) is 11.6. The molecule has 1 saturated heterocycles. The van der Waals surface area contributed by atoms with Crippen LogP contribution in [0.3, 0.4) is 0 Å². The number of halogens is 3. The molecular weight excluding hydrogens is 258 g/mol. The summed E-state index contributed by atoms with van der Waals surface area (Å²) in [6.45, 7) is 1.90. The van der Waals surface area contributed by atoms with Gasteiger partial charge >= 0.3 is 0 Å². The van der Waals surface area contributed by atoms with E-state index in [0.29, 0.717) is 6.42 Å². The second kappa shape index (κ2) is 5.09. The Balaban J connectivity index is 0.00000112. The molecule has 3 nitrogen and oxygen atoms in total. The number of piperidine rings is 1. The third-order valence-corrected chi connectivity index (χ3v) is 3.62. The summed E-state index contributed by atoms with van der Waals surface area (Å²) in [5.74, 6) is -0.198. The van der Waals surface area contributed by atoms with Gasteiger partial charge in [0.05, 0.1) is 5.92 Å². The summed E-state index contributed by atoms with van der Waals surface area (Å²) in [5.41, 5.74) is 0. The first kappa shape index (κ1) is 13.4. The van der Waals surface area contributed by atoms with Crippen LogP contribution in [0.2, 0.25) is 0 Å². The van der Waals surface area contributed by atoms with Crippen LogP contribution in [0, 0.1) is 5.92 Å². The lowest BCUT2D eigenvalue weighted by Crippen LogP contribution is -2.46. The van der Waals surface area contributed by atoms with E-state index in [1.54, 1.807) is 0 Å². The summed E-state index contributed by atoms with van der Waals surface area (Å²) < 4.78 is -0.799. The molecule has 2 aliphatic rings. The molecule has 2 rings (SSSR count). The van der Waals surface area contributed by atoms with E-state index in [1.165, 1.54) is 0 Å². The molecule has 15 heavy (non-hydrogen) atoms. The minimum atomic E-state index is -0.799. The van der Waals surface area contributed by atoms with Crippen molar-refractivity contribution in [1.29, 1.82) is 0 Å². The molecule has 1 aliphatic heterocycles. The second-order valence-electron chi connectivity index (χ2n) is 4.07. The molecule has 1 saturated carbocycles. The molecule has 1 unspecified atom stereocenters. The fraction of sp³-hybridized carbons (Fsp3) is 0.889. The largest absolute Gasteiger partial charge is 0.352 e. The number of amides is 1. The van der Waals surface area contributed by atoms with E-state index in [-0.39, 0.29) is 30.3 Å². The van der Waals surface area contributed by atoms with Gasteiger partial charge in [0, 0.05) is 12.6 Å². The van der Waals surface area contributed by atoms with Gasteiger partial charge in [-0.3, -0.25) is 4.79 Å². The maximum atomic E-state index is 11.6. The zero-order valence-electron chi connectivity index (χ0n) is 8.26. The summed E-state index contributed by atoms with van der Waals surface area (Å²) in [7, 11) is 0. The fourth-order valence-corrected chi connectivity index (χ4v) is 2.28. The average molecular weight is 274 g/mol. The van der Waals surface area contributed by atoms with Crippen molar-refractivity contribution >= 4 is 41.5 Å². The topological polar surface area (TPSA) is 41.1 Å². The molecule has 88 valence electrons. The highest BCUT2D eigenvalue weighted by Gasteiger charge is 2.56. The van der Waals surface area contributed by atoms with Gasteiger partial charge in [-0.1, -0.05) is 0 Å². The van der Waals surface area contributed by atoms with Crippen LogP contribution in [0.25, 0.3) is 0 Å². The van der Waals surface area contributed by atoms with Crippen LogP contribution in [0.5, 0.6) is 0 Å². The third kappa shape index (κ3) is 3.38.